The van der Waals surface area contributed by atoms with Crippen LogP contribution >= 0.6 is 11.6 Å². The SMILES string of the molecule is Nc1ccc(F)c(F)c1NC(=O)c1cc(Cl)ccc1O. The Hall–Kier alpha value is -2.34. The summed E-state index contributed by atoms with van der Waals surface area (Å²) in [5.41, 5.74) is 4.66. The van der Waals surface area contributed by atoms with E-state index in [9.17, 15) is 18.7 Å². The molecule has 0 aliphatic heterocycles. The lowest BCUT2D eigenvalue weighted by Crippen LogP contribution is -2.15. The van der Waals surface area contributed by atoms with Crippen molar-refractivity contribution in [3.05, 3.63) is 52.6 Å². The summed E-state index contributed by atoms with van der Waals surface area (Å²) in [6.07, 6.45) is 0. The normalized spacial score (nSPS) is 10.3. The zero-order chi connectivity index (χ0) is 14.9. The summed E-state index contributed by atoms with van der Waals surface area (Å²) in [5, 5.41) is 11.9. The van der Waals surface area contributed by atoms with Crippen molar-refractivity contribution in [1.29, 1.82) is 0 Å². The van der Waals surface area contributed by atoms with Gasteiger partial charge in [0.25, 0.3) is 5.91 Å². The van der Waals surface area contributed by atoms with E-state index in [1.165, 1.54) is 18.2 Å². The van der Waals surface area contributed by atoms with Crippen molar-refractivity contribution in [1.82, 2.24) is 0 Å². The number of phenols is 1. The van der Waals surface area contributed by atoms with Crippen LogP contribution in [0.15, 0.2) is 30.3 Å². The Labute approximate surface area is 117 Å². The van der Waals surface area contributed by atoms with Crippen molar-refractivity contribution >= 4 is 28.9 Å². The number of phenolic OH excluding ortho intramolecular Hbond substituents is 1. The van der Waals surface area contributed by atoms with E-state index >= 15 is 0 Å². The molecule has 0 aliphatic carbocycles. The molecule has 7 heteroatoms. The molecule has 0 spiro atoms. The molecule has 2 aromatic carbocycles. The molecule has 0 aromatic heterocycles. The lowest BCUT2D eigenvalue weighted by molar-refractivity contribution is 0.102. The van der Waals surface area contributed by atoms with Crippen LogP contribution in [-0.2, 0) is 0 Å². The van der Waals surface area contributed by atoms with E-state index in [1.807, 2.05) is 0 Å². The Kier molecular flexibility index (Phi) is 3.76. The molecular formula is C13H9ClF2N2O2. The van der Waals surface area contributed by atoms with Crippen LogP contribution in [0.25, 0.3) is 0 Å². The van der Waals surface area contributed by atoms with Gasteiger partial charge in [0, 0.05) is 5.02 Å². The van der Waals surface area contributed by atoms with Crippen molar-refractivity contribution < 1.29 is 18.7 Å². The zero-order valence-electron chi connectivity index (χ0n) is 9.95. The number of carbonyl (C=O) groups excluding carboxylic acids is 1. The molecule has 4 nitrogen and oxygen atoms in total. The Morgan fingerprint density at radius 2 is 1.95 bits per heavy atom. The highest BCUT2D eigenvalue weighted by molar-refractivity contribution is 6.31. The molecule has 2 aromatic rings. The maximum Gasteiger partial charge on any atom is 0.259 e. The Balaban J connectivity index is 2.38. The first-order valence-corrected chi connectivity index (χ1v) is 5.81. The number of nitrogen functional groups attached to an aromatic ring is 1. The van der Waals surface area contributed by atoms with E-state index in [1.54, 1.807) is 0 Å². The van der Waals surface area contributed by atoms with Crippen molar-refractivity contribution in [3.8, 4) is 5.75 Å². The monoisotopic (exact) mass is 298 g/mol. The van der Waals surface area contributed by atoms with E-state index in [0.717, 1.165) is 12.1 Å². The van der Waals surface area contributed by atoms with Gasteiger partial charge in [-0.05, 0) is 30.3 Å². The maximum atomic E-state index is 13.6. The minimum atomic E-state index is -1.28. The van der Waals surface area contributed by atoms with Gasteiger partial charge >= 0.3 is 0 Å². The van der Waals surface area contributed by atoms with Gasteiger partial charge in [-0.15, -0.1) is 0 Å². The Morgan fingerprint density at radius 3 is 2.65 bits per heavy atom. The molecular weight excluding hydrogens is 290 g/mol. The third kappa shape index (κ3) is 2.65. The number of rotatable bonds is 2. The van der Waals surface area contributed by atoms with Gasteiger partial charge in [0.2, 0.25) is 0 Å². The number of anilines is 2. The summed E-state index contributed by atoms with van der Waals surface area (Å²) in [7, 11) is 0. The van der Waals surface area contributed by atoms with Gasteiger partial charge in [0.1, 0.15) is 11.4 Å². The topological polar surface area (TPSA) is 75.3 Å². The lowest BCUT2D eigenvalue weighted by Gasteiger charge is -2.10. The van der Waals surface area contributed by atoms with E-state index < -0.39 is 23.2 Å². The predicted octanol–water partition coefficient (Wildman–Crippen LogP) is 3.16. The fourth-order valence-corrected chi connectivity index (χ4v) is 1.74. The number of hydrogen-bond acceptors (Lipinski definition) is 3. The summed E-state index contributed by atoms with van der Waals surface area (Å²) < 4.78 is 26.7. The van der Waals surface area contributed by atoms with Gasteiger partial charge in [-0.25, -0.2) is 8.78 Å². The highest BCUT2D eigenvalue weighted by Gasteiger charge is 2.17. The van der Waals surface area contributed by atoms with Crippen LogP contribution in [0, 0.1) is 11.6 Å². The second-order valence-corrected chi connectivity index (χ2v) is 4.38. The number of benzene rings is 2. The third-order valence-corrected chi connectivity index (χ3v) is 2.80. The van der Waals surface area contributed by atoms with Crippen LogP contribution in [0.3, 0.4) is 0 Å². The van der Waals surface area contributed by atoms with E-state index in [4.69, 9.17) is 17.3 Å². The van der Waals surface area contributed by atoms with Crippen molar-refractivity contribution in [2.45, 2.75) is 0 Å². The molecule has 4 N–H and O–H groups in total. The Bertz CT molecular complexity index is 692. The number of hydrogen-bond donors (Lipinski definition) is 3. The first kappa shape index (κ1) is 14.1. The average molecular weight is 299 g/mol. The standard InChI is InChI=1S/C13H9ClF2N2O2/c14-6-1-4-10(19)7(5-6)13(20)18-12-9(17)3-2-8(15)11(12)16/h1-5,19H,17H2,(H,18,20). The first-order valence-electron chi connectivity index (χ1n) is 5.43. The highest BCUT2D eigenvalue weighted by Crippen LogP contribution is 2.27. The van der Waals surface area contributed by atoms with Gasteiger partial charge < -0.3 is 16.2 Å². The summed E-state index contributed by atoms with van der Waals surface area (Å²) in [6.45, 7) is 0. The molecule has 20 heavy (non-hydrogen) atoms. The molecule has 1 amide bonds. The van der Waals surface area contributed by atoms with Crippen LogP contribution in [0.2, 0.25) is 5.02 Å². The van der Waals surface area contributed by atoms with Crippen LogP contribution in [0.5, 0.6) is 5.75 Å². The second kappa shape index (κ2) is 5.34. The summed E-state index contributed by atoms with van der Waals surface area (Å²) in [4.78, 5) is 11.9. The Morgan fingerprint density at radius 1 is 1.25 bits per heavy atom. The van der Waals surface area contributed by atoms with Crippen molar-refractivity contribution in [2.75, 3.05) is 11.1 Å². The largest absolute Gasteiger partial charge is 0.507 e. The van der Waals surface area contributed by atoms with Gasteiger partial charge in [-0.2, -0.15) is 0 Å². The number of nitrogens with one attached hydrogen (secondary N) is 1. The number of aromatic hydroxyl groups is 1. The van der Waals surface area contributed by atoms with Crippen LogP contribution in [-0.4, -0.2) is 11.0 Å². The van der Waals surface area contributed by atoms with E-state index in [-0.39, 0.29) is 22.0 Å². The molecule has 0 fully saturated rings. The number of carbonyl (C=O) groups is 1. The highest BCUT2D eigenvalue weighted by atomic mass is 35.5. The third-order valence-electron chi connectivity index (χ3n) is 2.57. The molecule has 0 unspecified atom stereocenters. The summed E-state index contributed by atoms with van der Waals surface area (Å²) >= 11 is 5.70. The van der Waals surface area contributed by atoms with Gasteiger partial charge in [0.15, 0.2) is 11.6 Å². The van der Waals surface area contributed by atoms with Crippen LogP contribution in [0.1, 0.15) is 10.4 Å². The summed E-state index contributed by atoms with van der Waals surface area (Å²) in [5.74, 6) is -3.63. The van der Waals surface area contributed by atoms with Crippen molar-refractivity contribution in [3.63, 3.8) is 0 Å². The number of amides is 1. The predicted molar refractivity (Wildman–Crippen MR) is 71.8 cm³/mol. The smallest absolute Gasteiger partial charge is 0.259 e. The molecule has 0 aliphatic rings. The first-order chi connectivity index (χ1) is 9.40. The molecule has 104 valence electrons. The maximum absolute atomic E-state index is 13.6. The second-order valence-electron chi connectivity index (χ2n) is 3.94. The zero-order valence-corrected chi connectivity index (χ0v) is 10.7. The quantitative estimate of drug-likeness (QED) is 0.745. The fourth-order valence-electron chi connectivity index (χ4n) is 1.56. The lowest BCUT2D eigenvalue weighted by atomic mass is 10.1. The fraction of sp³-hybridized carbons (Fsp3) is 0. The average Bonchev–Trinajstić information content (AvgIpc) is 2.41. The molecule has 0 atom stereocenters. The molecule has 0 heterocycles. The molecule has 0 saturated carbocycles. The van der Waals surface area contributed by atoms with Crippen LogP contribution < -0.4 is 11.1 Å². The van der Waals surface area contributed by atoms with E-state index in [0.29, 0.717) is 0 Å². The summed E-state index contributed by atoms with van der Waals surface area (Å²) in [6, 6.07) is 5.75. The number of nitrogens with two attached hydrogens (primary N) is 1. The molecule has 0 radical (unpaired) electrons. The van der Waals surface area contributed by atoms with Crippen molar-refractivity contribution in [2.24, 2.45) is 0 Å². The van der Waals surface area contributed by atoms with Gasteiger partial charge in [-0.1, -0.05) is 11.6 Å². The minimum absolute atomic E-state index is 0.140. The molecule has 2 rings (SSSR count). The van der Waals surface area contributed by atoms with Gasteiger partial charge in [0.05, 0.1) is 11.3 Å². The molecule has 0 bridgehead atoms. The van der Waals surface area contributed by atoms with Crippen LogP contribution in [0.4, 0.5) is 20.2 Å². The minimum Gasteiger partial charge on any atom is -0.507 e. The number of halogens is 3. The van der Waals surface area contributed by atoms with E-state index in [2.05, 4.69) is 5.32 Å². The van der Waals surface area contributed by atoms with Gasteiger partial charge in [-0.3, -0.25) is 4.79 Å². The molecule has 0 saturated heterocycles.